The van der Waals surface area contributed by atoms with Crippen LogP contribution in [0.3, 0.4) is 0 Å². The summed E-state index contributed by atoms with van der Waals surface area (Å²) in [6, 6.07) is 10.2. The van der Waals surface area contributed by atoms with Crippen LogP contribution in [0.1, 0.15) is 17.4 Å². The Morgan fingerprint density at radius 1 is 1.29 bits per heavy atom. The van der Waals surface area contributed by atoms with Gasteiger partial charge in [0, 0.05) is 6.42 Å². The van der Waals surface area contributed by atoms with Crippen molar-refractivity contribution in [1.29, 1.82) is 0 Å². The second-order valence-corrected chi connectivity index (χ2v) is 3.16. The largest absolute Gasteiger partial charge is 0.348 e. The van der Waals surface area contributed by atoms with E-state index >= 15 is 0 Å². The molecule has 0 aliphatic rings. The predicted molar refractivity (Wildman–Crippen MR) is 50.0 cm³/mol. The van der Waals surface area contributed by atoms with E-state index in [1.807, 2.05) is 18.2 Å². The number of benzene rings is 1. The number of hydrogen-bond donors (Lipinski definition) is 2. The molecule has 0 bridgehead atoms. The van der Waals surface area contributed by atoms with Gasteiger partial charge >= 0.3 is 0 Å². The number of nitrogens with one attached hydrogen (secondary N) is 1. The summed E-state index contributed by atoms with van der Waals surface area (Å²) in [5.74, 6) is 0.661. The molecule has 14 heavy (non-hydrogen) atoms. The summed E-state index contributed by atoms with van der Waals surface area (Å²) in [5.41, 5.74) is 5.22. The second kappa shape index (κ2) is 3.97. The molecule has 72 valence electrons. The van der Waals surface area contributed by atoms with E-state index in [2.05, 4.69) is 38.5 Å². The lowest BCUT2D eigenvalue weighted by Crippen LogP contribution is -2.55. The van der Waals surface area contributed by atoms with E-state index in [0.717, 1.165) is 6.42 Å². The zero-order valence-electron chi connectivity index (χ0n) is 7.72. The van der Waals surface area contributed by atoms with Gasteiger partial charge in [-0.05, 0) is 10.8 Å². The molecule has 0 spiro atoms. The van der Waals surface area contributed by atoms with E-state index in [4.69, 9.17) is 0 Å². The summed E-state index contributed by atoms with van der Waals surface area (Å²) >= 11 is 0. The monoisotopic (exact) mass is 190 g/mol. The van der Waals surface area contributed by atoms with Crippen LogP contribution >= 0.6 is 0 Å². The summed E-state index contributed by atoms with van der Waals surface area (Å²) in [5, 5.41) is 13.7. The maximum absolute atomic E-state index is 3.99. The molecular weight excluding hydrogens is 178 g/mol. The van der Waals surface area contributed by atoms with Gasteiger partial charge in [0.05, 0.1) is 0 Å². The summed E-state index contributed by atoms with van der Waals surface area (Å²) in [6.45, 7) is 0. The lowest BCUT2D eigenvalue weighted by molar-refractivity contribution is -0.428. The average Bonchev–Trinajstić information content (AvgIpc) is 2.72. The molecule has 1 aromatic heterocycles. The number of H-pyrrole nitrogens is 1. The molecule has 0 amide bonds. The van der Waals surface area contributed by atoms with Crippen molar-refractivity contribution in [3.63, 3.8) is 0 Å². The fourth-order valence-electron chi connectivity index (χ4n) is 1.33. The van der Waals surface area contributed by atoms with Crippen molar-refractivity contribution in [2.45, 2.75) is 12.5 Å². The Labute approximate surface area is 81.3 Å². The molecule has 5 nitrogen and oxygen atoms in total. The third-order valence-electron chi connectivity index (χ3n) is 2.05. The maximum atomic E-state index is 3.99. The Morgan fingerprint density at radius 2 is 2.07 bits per heavy atom. The number of aromatic nitrogens is 4. The molecule has 2 rings (SSSR count). The van der Waals surface area contributed by atoms with Gasteiger partial charge in [-0.3, -0.25) is 0 Å². The molecule has 4 N–H and O–H groups in total. The highest BCUT2D eigenvalue weighted by molar-refractivity contribution is 5.16. The molecule has 0 radical (unpaired) electrons. The maximum Gasteiger partial charge on any atom is 0.231 e. The fraction of sp³-hybridized carbons (Fsp3) is 0.222. The number of aromatic amines is 1. The lowest BCUT2D eigenvalue weighted by atomic mass is 10.1. The molecule has 1 aromatic carbocycles. The van der Waals surface area contributed by atoms with Crippen LogP contribution in [0.15, 0.2) is 30.3 Å². The van der Waals surface area contributed by atoms with Gasteiger partial charge in [0.2, 0.25) is 5.82 Å². The normalized spacial score (nSPS) is 12.6. The van der Waals surface area contributed by atoms with Crippen LogP contribution in [-0.2, 0) is 6.42 Å². The minimum absolute atomic E-state index is 0.0520. The molecule has 0 saturated heterocycles. The zero-order valence-corrected chi connectivity index (χ0v) is 7.72. The quantitative estimate of drug-likeness (QED) is 0.698. The first-order valence-electron chi connectivity index (χ1n) is 4.46. The van der Waals surface area contributed by atoms with Crippen LogP contribution in [0.25, 0.3) is 0 Å². The number of hydrogen-bond acceptors (Lipinski definition) is 3. The van der Waals surface area contributed by atoms with Crippen LogP contribution < -0.4 is 5.73 Å². The highest BCUT2D eigenvalue weighted by Crippen LogP contribution is 2.08. The van der Waals surface area contributed by atoms with E-state index in [-0.39, 0.29) is 6.04 Å². The highest BCUT2D eigenvalue weighted by atomic mass is 15.5. The van der Waals surface area contributed by atoms with E-state index in [9.17, 15) is 0 Å². The van der Waals surface area contributed by atoms with E-state index < -0.39 is 0 Å². The van der Waals surface area contributed by atoms with Gasteiger partial charge in [-0.2, -0.15) is 5.21 Å². The van der Waals surface area contributed by atoms with E-state index in [1.54, 1.807) is 0 Å². The van der Waals surface area contributed by atoms with Crippen molar-refractivity contribution in [3.05, 3.63) is 41.7 Å². The first-order chi connectivity index (χ1) is 6.86. The number of tetrazole rings is 1. The Hall–Kier alpha value is -1.75. The minimum Gasteiger partial charge on any atom is -0.348 e. The van der Waals surface area contributed by atoms with Crippen LogP contribution in [0.2, 0.25) is 0 Å². The first kappa shape index (κ1) is 8.83. The Morgan fingerprint density at radius 3 is 2.71 bits per heavy atom. The molecule has 1 heterocycles. The molecule has 0 saturated carbocycles. The minimum atomic E-state index is 0.0520. The van der Waals surface area contributed by atoms with Crippen molar-refractivity contribution >= 4 is 0 Å². The standard InChI is InChI=1S/C9H11N5/c10-8(9-11-13-14-12-9)6-7-4-2-1-3-5-7/h1-5,8H,6,10H2,(H,11,12,13,14)/p+1. The predicted octanol–water partition coefficient (Wildman–Crippen LogP) is -0.275. The summed E-state index contributed by atoms with van der Waals surface area (Å²) < 4.78 is 0. The van der Waals surface area contributed by atoms with Gasteiger partial charge in [-0.15, -0.1) is 10.2 Å². The van der Waals surface area contributed by atoms with Crippen molar-refractivity contribution in [1.82, 2.24) is 20.6 Å². The smallest absolute Gasteiger partial charge is 0.231 e. The topological polar surface area (TPSA) is 82.1 Å². The van der Waals surface area contributed by atoms with Gasteiger partial charge in [-0.1, -0.05) is 30.3 Å². The van der Waals surface area contributed by atoms with Crippen molar-refractivity contribution in [3.8, 4) is 0 Å². The molecule has 0 fully saturated rings. The van der Waals surface area contributed by atoms with Crippen LogP contribution in [0, 0.1) is 0 Å². The van der Waals surface area contributed by atoms with E-state index in [0.29, 0.717) is 5.82 Å². The molecule has 5 heteroatoms. The van der Waals surface area contributed by atoms with Gasteiger partial charge in [0.15, 0.2) is 6.04 Å². The van der Waals surface area contributed by atoms with Crippen molar-refractivity contribution in [2.24, 2.45) is 0 Å². The summed E-state index contributed by atoms with van der Waals surface area (Å²) in [6.07, 6.45) is 0.834. The lowest BCUT2D eigenvalue weighted by Gasteiger charge is -2.02. The molecule has 2 aromatic rings. The number of nitrogens with zero attached hydrogens (tertiary/aromatic N) is 3. The average molecular weight is 190 g/mol. The van der Waals surface area contributed by atoms with Gasteiger partial charge < -0.3 is 5.73 Å². The Kier molecular flexibility index (Phi) is 2.51. The molecule has 0 aliphatic heterocycles. The highest BCUT2D eigenvalue weighted by Gasteiger charge is 2.14. The SMILES string of the molecule is [NH3+]C(Cc1ccccc1)c1nn[nH]n1. The first-order valence-corrected chi connectivity index (χ1v) is 4.46. The zero-order chi connectivity index (χ0) is 9.80. The van der Waals surface area contributed by atoms with Gasteiger partial charge in [0.25, 0.3) is 0 Å². The van der Waals surface area contributed by atoms with Crippen molar-refractivity contribution in [2.75, 3.05) is 0 Å². The van der Waals surface area contributed by atoms with Crippen LogP contribution in [0.4, 0.5) is 0 Å². The third-order valence-corrected chi connectivity index (χ3v) is 2.05. The molecule has 0 aliphatic carbocycles. The fourth-order valence-corrected chi connectivity index (χ4v) is 1.33. The van der Waals surface area contributed by atoms with Crippen molar-refractivity contribution < 1.29 is 5.73 Å². The van der Waals surface area contributed by atoms with Crippen LogP contribution in [-0.4, -0.2) is 20.6 Å². The van der Waals surface area contributed by atoms with Gasteiger partial charge in [-0.25, -0.2) is 0 Å². The Balaban J connectivity index is 2.06. The van der Waals surface area contributed by atoms with Gasteiger partial charge in [0.1, 0.15) is 0 Å². The number of quaternary nitrogens is 1. The number of rotatable bonds is 3. The Bertz CT molecular complexity index is 369. The third kappa shape index (κ3) is 1.94. The van der Waals surface area contributed by atoms with E-state index in [1.165, 1.54) is 5.56 Å². The molecule has 1 unspecified atom stereocenters. The molecular formula is C9H12N5+. The molecule has 1 atom stereocenters. The summed E-state index contributed by atoms with van der Waals surface area (Å²) in [4.78, 5) is 0. The summed E-state index contributed by atoms with van der Waals surface area (Å²) in [7, 11) is 0. The van der Waals surface area contributed by atoms with Crippen LogP contribution in [0.5, 0.6) is 0 Å². The second-order valence-electron chi connectivity index (χ2n) is 3.16.